The zero-order valence-corrected chi connectivity index (χ0v) is 7.46. The van der Waals surface area contributed by atoms with Crippen LogP contribution in [0.1, 0.15) is 11.4 Å². The van der Waals surface area contributed by atoms with Crippen molar-refractivity contribution in [1.82, 2.24) is 9.97 Å². The Hall–Kier alpha value is -1.77. The third kappa shape index (κ3) is 2.94. The van der Waals surface area contributed by atoms with Gasteiger partial charge in [0.25, 0.3) is 6.43 Å². The number of nitrogens with one attached hydrogen (secondary N) is 1. The topological polar surface area (TPSA) is 61.6 Å². The molecule has 6 heteroatoms. The second kappa shape index (κ2) is 4.46. The zero-order valence-electron chi connectivity index (χ0n) is 7.46. The lowest BCUT2D eigenvalue weighted by Crippen LogP contribution is -2.13. The van der Waals surface area contributed by atoms with E-state index in [9.17, 15) is 8.78 Å². The van der Waals surface area contributed by atoms with Crippen molar-refractivity contribution in [3.05, 3.63) is 17.5 Å². The van der Waals surface area contributed by atoms with Crippen LogP contribution in [0.3, 0.4) is 0 Å². The fraction of sp³-hybridized carbons (Fsp3) is 0.375. The van der Waals surface area contributed by atoms with E-state index in [0.29, 0.717) is 5.69 Å². The van der Waals surface area contributed by atoms with E-state index in [1.807, 2.05) is 6.07 Å². The summed E-state index contributed by atoms with van der Waals surface area (Å²) in [5, 5.41) is 10.9. The van der Waals surface area contributed by atoms with E-state index < -0.39 is 13.0 Å². The molecule has 0 atom stereocenters. The summed E-state index contributed by atoms with van der Waals surface area (Å²) in [6.45, 7) is 1.14. The molecule has 0 saturated carbocycles. The molecule has 0 amide bonds. The second-order valence-electron chi connectivity index (χ2n) is 2.60. The van der Waals surface area contributed by atoms with Gasteiger partial charge in [0.2, 0.25) is 5.95 Å². The van der Waals surface area contributed by atoms with Crippen LogP contribution in [0.2, 0.25) is 0 Å². The van der Waals surface area contributed by atoms with Gasteiger partial charge in [-0.25, -0.2) is 18.7 Å². The van der Waals surface area contributed by atoms with Crippen LogP contribution in [0.25, 0.3) is 0 Å². The van der Waals surface area contributed by atoms with Gasteiger partial charge in [0.05, 0.1) is 6.54 Å². The lowest BCUT2D eigenvalue weighted by Gasteiger charge is -2.04. The number of halogens is 2. The first-order valence-corrected chi connectivity index (χ1v) is 3.89. The van der Waals surface area contributed by atoms with Crippen molar-refractivity contribution in [2.75, 3.05) is 11.9 Å². The molecule has 0 radical (unpaired) electrons. The van der Waals surface area contributed by atoms with Gasteiger partial charge in [-0.05, 0) is 13.0 Å². The van der Waals surface area contributed by atoms with Crippen LogP contribution in [-0.2, 0) is 0 Å². The van der Waals surface area contributed by atoms with Gasteiger partial charge in [-0.2, -0.15) is 5.26 Å². The average Bonchev–Trinajstić information content (AvgIpc) is 2.14. The Bertz CT molecular complexity index is 359. The Labute approximate surface area is 79.6 Å². The van der Waals surface area contributed by atoms with Gasteiger partial charge >= 0.3 is 0 Å². The molecule has 0 spiro atoms. The SMILES string of the molecule is Cc1cc(C#N)nc(NCC(F)F)n1. The van der Waals surface area contributed by atoms with Crippen LogP contribution in [0.15, 0.2) is 6.07 Å². The molecule has 0 aliphatic rings. The number of nitriles is 1. The highest BCUT2D eigenvalue weighted by molar-refractivity contribution is 5.32. The molecule has 0 aliphatic carbocycles. The van der Waals surface area contributed by atoms with E-state index in [1.54, 1.807) is 6.92 Å². The summed E-state index contributed by atoms with van der Waals surface area (Å²) in [5.41, 5.74) is 0.725. The molecule has 0 unspecified atom stereocenters. The minimum Gasteiger partial charge on any atom is -0.348 e. The highest BCUT2D eigenvalue weighted by Gasteiger charge is 2.05. The number of alkyl halides is 2. The van der Waals surface area contributed by atoms with Crippen LogP contribution < -0.4 is 5.32 Å². The Kier molecular flexibility index (Phi) is 3.29. The van der Waals surface area contributed by atoms with Crippen LogP contribution in [0.4, 0.5) is 14.7 Å². The van der Waals surface area contributed by atoms with Gasteiger partial charge in [-0.1, -0.05) is 0 Å². The summed E-state index contributed by atoms with van der Waals surface area (Å²) in [6, 6.07) is 3.30. The smallest absolute Gasteiger partial charge is 0.255 e. The lowest BCUT2D eigenvalue weighted by molar-refractivity contribution is 0.163. The Morgan fingerprint density at radius 2 is 2.29 bits per heavy atom. The van der Waals surface area contributed by atoms with Crippen LogP contribution in [0, 0.1) is 18.3 Å². The number of nitrogens with zero attached hydrogens (tertiary/aromatic N) is 3. The summed E-state index contributed by atoms with van der Waals surface area (Å²) in [6.07, 6.45) is -2.47. The Morgan fingerprint density at radius 1 is 1.57 bits per heavy atom. The van der Waals surface area contributed by atoms with Gasteiger partial charge in [-0.15, -0.1) is 0 Å². The summed E-state index contributed by atoms with van der Waals surface area (Å²) in [5.74, 6) is 0.0573. The second-order valence-corrected chi connectivity index (χ2v) is 2.60. The van der Waals surface area contributed by atoms with Crippen LogP contribution >= 0.6 is 0 Å². The van der Waals surface area contributed by atoms with Gasteiger partial charge in [0, 0.05) is 5.69 Å². The van der Waals surface area contributed by atoms with Crippen molar-refractivity contribution < 1.29 is 8.78 Å². The highest BCUT2D eigenvalue weighted by atomic mass is 19.3. The minimum absolute atomic E-state index is 0.0573. The van der Waals surface area contributed by atoms with Crippen LogP contribution in [-0.4, -0.2) is 22.9 Å². The molecule has 0 saturated heterocycles. The van der Waals surface area contributed by atoms with Gasteiger partial charge < -0.3 is 5.32 Å². The quantitative estimate of drug-likeness (QED) is 0.795. The maximum Gasteiger partial charge on any atom is 0.255 e. The third-order valence-corrected chi connectivity index (χ3v) is 1.38. The average molecular weight is 198 g/mol. The molecule has 74 valence electrons. The van der Waals surface area contributed by atoms with E-state index >= 15 is 0 Å². The molecule has 1 rings (SSSR count). The van der Waals surface area contributed by atoms with Crippen molar-refractivity contribution >= 4 is 5.95 Å². The fourth-order valence-electron chi connectivity index (χ4n) is 0.873. The van der Waals surface area contributed by atoms with Crippen molar-refractivity contribution in [2.24, 2.45) is 0 Å². The molecule has 1 heterocycles. The van der Waals surface area contributed by atoms with Gasteiger partial charge in [-0.3, -0.25) is 0 Å². The number of aryl methyl sites for hydroxylation is 1. The number of rotatable bonds is 3. The fourth-order valence-corrected chi connectivity index (χ4v) is 0.873. The highest BCUT2D eigenvalue weighted by Crippen LogP contribution is 2.04. The van der Waals surface area contributed by atoms with E-state index in [2.05, 4.69) is 15.3 Å². The van der Waals surface area contributed by atoms with Crippen molar-refractivity contribution in [2.45, 2.75) is 13.3 Å². The molecule has 1 aromatic heterocycles. The normalized spacial score (nSPS) is 9.93. The molecule has 0 aliphatic heterocycles. The summed E-state index contributed by atoms with van der Waals surface area (Å²) in [4.78, 5) is 7.55. The number of anilines is 1. The Balaban J connectivity index is 2.78. The van der Waals surface area contributed by atoms with Crippen LogP contribution in [0.5, 0.6) is 0 Å². The number of hydrogen-bond acceptors (Lipinski definition) is 4. The third-order valence-electron chi connectivity index (χ3n) is 1.38. The molecule has 0 aromatic carbocycles. The van der Waals surface area contributed by atoms with Gasteiger partial charge in [0.1, 0.15) is 11.8 Å². The lowest BCUT2D eigenvalue weighted by atomic mass is 10.3. The first-order valence-electron chi connectivity index (χ1n) is 3.89. The Morgan fingerprint density at radius 3 is 2.86 bits per heavy atom. The molecular weight excluding hydrogens is 190 g/mol. The van der Waals surface area contributed by atoms with E-state index in [0.717, 1.165) is 0 Å². The maximum atomic E-state index is 11.8. The predicted octanol–water partition coefficient (Wildman–Crippen LogP) is 1.33. The summed E-state index contributed by atoms with van der Waals surface area (Å²) >= 11 is 0. The standard InChI is InChI=1S/C8H8F2N4/c1-5-2-6(3-11)14-8(13-5)12-4-7(9)10/h2,7H,4H2,1H3,(H,12,13,14). The molecule has 4 nitrogen and oxygen atoms in total. The molecule has 0 bridgehead atoms. The zero-order chi connectivity index (χ0) is 10.6. The summed E-state index contributed by atoms with van der Waals surface area (Å²) < 4.78 is 23.6. The number of aromatic nitrogens is 2. The molecule has 0 fully saturated rings. The van der Waals surface area contributed by atoms with E-state index in [4.69, 9.17) is 5.26 Å². The first-order chi connectivity index (χ1) is 6.61. The minimum atomic E-state index is -2.47. The van der Waals surface area contributed by atoms with Gasteiger partial charge in [0.15, 0.2) is 0 Å². The molecule has 1 N–H and O–H groups in total. The van der Waals surface area contributed by atoms with Crippen molar-refractivity contribution in [1.29, 1.82) is 5.26 Å². The first kappa shape index (κ1) is 10.3. The molecular formula is C8H8F2N4. The maximum absolute atomic E-state index is 11.8. The van der Waals surface area contributed by atoms with Crippen molar-refractivity contribution in [3.63, 3.8) is 0 Å². The van der Waals surface area contributed by atoms with E-state index in [1.165, 1.54) is 6.07 Å². The molecule has 1 aromatic rings. The largest absolute Gasteiger partial charge is 0.348 e. The number of hydrogen-bond donors (Lipinski definition) is 1. The van der Waals surface area contributed by atoms with Crippen molar-refractivity contribution in [3.8, 4) is 6.07 Å². The molecule has 14 heavy (non-hydrogen) atoms. The van der Waals surface area contributed by atoms with E-state index in [-0.39, 0.29) is 11.6 Å². The monoisotopic (exact) mass is 198 g/mol. The predicted molar refractivity (Wildman–Crippen MR) is 46.0 cm³/mol. The summed E-state index contributed by atoms with van der Waals surface area (Å²) in [7, 11) is 0.